The first-order chi connectivity index (χ1) is 16.0. The van der Waals surface area contributed by atoms with Crippen molar-refractivity contribution < 1.29 is 19.1 Å². The van der Waals surface area contributed by atoms with Crippen LogP contribution in [0.5, 0.6) is 0 Å². The fourth-order valence-electron chi connectivity index (χ4n) is 6.18. The van der Waals surface area contributed by atoms with Gasteiger partial charge in [0.25, 0.3) is 0 Å². The van der Waals surface area contributed by atoms with Crippen molar-refractivity contribution in [3.8, 4) is 0 Å². The Kier molecular flexibility index (Phi) is 13.7. The molecule has 0 N–H and O–H groups in total. The first kappa shape index (κ1) is 28.3. The van der Waals surface area contributed by atoms with Gasteiger partial charge in [-0.2, -0.15) is 0 Å². The molecule has 0 aromatic heterocycles. The van der Waals surface area contributed by atoms with Gasteiger partial charge in [0.1, 0.15) is 6.10 Å². The Balaban J connectivity index is 2.02. The average Bonchev–Trinajstić information content (AvgIpc) is 2.82. The molecule has 2 bridgehead atoms. The van der Waals surface area contributed by atoms with E-state index in [9.17, 15) is 9.59 Å². The molecule has 4 nitrogen and oxygen atoms in total. The van der Waals surface area contributed by atoms with E-state index < -0.39 is 0 Å². The number of hydrogen-bond acceptors (Lipinski definition) is 4. The number of carbonyl (C=O) groups excluding carboxylic acids is 2. The van der Waals surface area contributed by atoms with E-state index in [0.717, 1.165) is 32.1 Å². The van der Waals surface area contributed by atoms with E-state index in [1.54, 1.807) is 0 Å². The zero-order valence-electron chi connectivity index (χ0n) is 22.1. The number of unbranched alkanes of at least 4 members (excludes halogenated alkanes) is 7. The summed E-state index contributed by atoms with van der Waals surface area (Å²) < 4.78 is 11.8. The standard InChI is InChI=1S/C29H52O4/c1-5-9-12-14-17-22-21-27-23(18-15-13-10-6-2)19-25(22)28(33-27)26(30)20-24(16-11-7-3)29(31)32-8-4/h22-25,27-28H,5-21H2,1-4H3. The molecule has 0 spiro atoms. The van der Waals surface area contributed by atoms with Gasteiger partial charge in [-0.3, -0.25) is 9.59 Å². The van der Waals surface area contributed by atoms with E-state index in [4.69, 9.17) is 9.47 Å². The van der Waals surface area contributed by atoms with Gasteiger partial charge in [-0.1, -0.05) is 85.0 Å². The zero-order valence-corrected chi connectivity index (χ0v) is 22.1. The molecule has 2 aliphatic heterocycles. The van der Waals surface area contributed by atoms with Gasteiger partial charge < -0.3 is 9.47 Å². The van der Waals surface area contributed by atoms with Crippen molar-refractivity contribution in [2.45, 2.75) is 143 Å². The second kappa shape index (κ2) is 15.9. The van der Waals surface area contributed by atoms with Crippen molar-refractivity contribution in [3.05, 3.63) is 0 Å². The first-order valence-electron chi connectivity index (χ1n) is 14.4. The summed E-state index contributed by atoms with van der Waals surface area (Å²) in [6, 6.07) is 0. The molecule has 3 fully saturated rings. The summed E-state index contributed by atoms with van der Waals surface area (Å²) in [4.78, 5) is 26.0. The Bertz CT molecular complexity index is 560. The van der Waals surface area contributed by atoms with Crippen molar-refractivity contribution in [1.29, 1.82) is 0 Å². The molecule has 6 atom stereocenters. The molecular weight excluding hydrogens is 412 g/mol. The van der Waals surface area contributed by atoms with Crippen LogP contribution in [0, 0.1) is 23.7 Å². The van der Waals surface area contributed by atoms with Crippen LogP contribution >= 0.6 is 0 Å². The SMILES string of the molecule is CCCCCCC1CC2C(CCCCCC)CC1OC2C(=O)CC(CCCC)C(=O)OCC. The number of fused-ring (bicyclic) bond motifs is 3. The Morgan fingerprint density at radius 2 is 1.45 bits per heavy atom. The fourth-order valence-corrected chi connectivity index (χ4v) is 6.18. The molecule has 192 valence electrons. The van der Waals surface area contributed by atoms with Crippen molar-refractivity contribution in [3.63, 3.8) is 0 Å². The lowest BCUT2D eigenvalue weighted by atomic mass is 9.64. The highest BCUT2D eigenvalue weighted by Crippen LogP contribution is 2.48. The van der Waals surface area contributed by atoms with Gasteiger partial charge in [0.2, 0.25) is 0 Å². The van der Waals surface area contributed by atoms with Gasteiger partial charge in [0.15, 0.2) is 5.78 Å². The fraction of sp³-hybridized carbons (Fsp3) is 0.931. The average molecular weight is 465 g/mol. The Hall–Kier alpha value is -0.900. The van der Waals surface area contributed by atoms with Crippen LogP contribution in [0.2, 0.25) is 0 Å². The monoisotopic (exact) mass is 464 g/mol. The number of Topliss-reactive ketones (excluding diaryl/α,β-unsaturated/α-hetero) is 1. The maximum Gasteiger partial charge on any atom is 0.309 e. The molecule has 4 heteroatoms. The van der Waals surface area contributed by atoms with Crippen LogP contribution in [0.4, 0.5) is 0 Å². The lowest BCUT2D eigenvalue weighted by Gasteiger charge is -2.51. The Morgan fingerprint density at radius 1 is 0.818 bits per heavy atom. The normalized spacial score (nSPS) is 27.5. The second-order valence-corrected chi connectivity index (χ2v) is 10.7. The van der Waals surface area contributed by atoms with Gasteiger partial charge in [-0.25, -0.2) is 0 Å². The smallest absolute Gasteiger partial charge is 0.309 e. The summed E-state index contributed by atoms with van der Waals surface area (Å²) in [5.41, 5.74) is 0. The molecule has 6 unspecified atom stereocenters. The molecule has 0 aromatic rings. The summed E-state index contributed by atoms with van der Waals surface area (Å²) in [6.45, 7) is 8.85. The topological polar surface area (TPSA) is 52.6 Å². The highest BCUT2D eigenvalue weighted by Gasteiger charge is 2.50. The van der Waals surface area contributed by atoms with Crippen LogP contribution < -0.4 is 0 Å². The minimum Gasteiger partial charge on any atom is -0.466 e. The summed E-state index contributed by atoms with van der Waals surface area (Å²) in [7, 11) is 0. The zero-order chi connectivity index (χ0) is 24.1. The van der Waals surface area contributed by atoms with E-state index in [0.29, 0.717) is 24.4 Å². The maximum atomic E-state index is 13.5. The predicted molar refractivity (Wildman–Crippen MR) is 135 cm³/mol. The summed E-state index contributed by atoms with van der Waals surface area (Å²) in [5.74, 6) is 1.21. The van der Waals surface area contributed by atoms with Gasteiger partial charge >= 0.3 is 5.97 Å². The maximum absolute atomic E-state index is 13.5. The molecule has 0 amide bonds. The van der Waals surface area contributed by atoms with E-state index >= 15 is 0 Å². The summed E-state index contributed by atoms with van der Waals surface area (Å²) >= 11 is 0. The third-order valence-corrected chi connectivity index (χ3v) is 8.10. The van der Waals surface area contributed by atoms with Crippen molar-refractivity contribution >= 4 is 11.8 Å². The quantitative estimate of drug-likeness (QED) is 0.154. The van der Waals surface area contributed by atoms with Gasteiger partial charge in [0, 0.05) is 6.42 Å². The molecule has 2 heterocycles. The lowest BCUT2D eigenvalue weighted by molar-refractivity contribution is -0.190. The van der Waals surface area contributed by atoms with Crippen LogP contribution in [-0.4, -0.2) is 30.6 Å². The Morgan fingerprint density at radius 3 is 2.03 bits per heavy atom. The third-order valence-electron chi connectivity index (χ3n) is 8.10. The Labute approximate surface area is 203 Å². The van der Waals surface area contributed by atoms with E-state index in [1.807, 2.05) is 6.92 Å². The van der Waals surface area contributed by atoms with Gasteiger partial charge in [-0.05, 0) is 56.8 Å². The summed E-state index contributed by atoms with van der Waals surface area (Å²) in [6.07, 6.45) is 18.0. The number of rotatable bonds is 18. The molecule has 3 rings (SSSR count). The highest BCUT2D eigenvalue weighted by molar-refractivity contribution is 5.88. The van der Waals surface area contributed by atoms with Crippen molar-refractivity contribution in [1.82, 2.24) is 0 Å². The molecule has 1 aliphatic carbocycles. The lowest BCUT2D eigenvalue weighted by Crippen LogP contribution is -2.54. The van der Waals surface area contributed by atoms with E-state index in [1.165, 1.54) is 64.2 Å². The highest BCUT2D eigenvalue weighted by atomic mass is 16.5. The van der Waals surface area contributed by atoms with Crippen LogP contribution in [0.3, 0.4) is 0 Å². The van der Waals surface area contributed by atoms with Crippen LogP contribution in [-0.2, 0) is 19.1 Å². The minimum atomic E-state index is -0.311. The second-order valence-electron chi connectivity index (χ2n) is 10.7. The minimum absolute atomic E-state index is 0.154. The van der Waals surface area contributed by atoms with Crippen molar-refractivity contribution in [2.75, 3.05) is 6.61 Å². The van der Waals surface area contributed by atoms with Crippen LogP contribution in [0.25, 0.3) is 0 Å². The number of hydrogen-bond donors (Lipinski definition) is 0. The van der Waals surface area contributed by atoms with Gasteiger partial charge in [0.05, 0.1) is 18.6 Å². The number of esters is 1. The number of ether oxygens (including phenoxy) is 2. The molecule has 0 aromatic carbocycles. The van der Waals surface area contributed by atoms with Crippen molar-refractivity contribution in [2.24, 2.45) is 23.7 Å². The molecule has 3 aliphatic rings. The molecule has 2 saturated heterocycles. The largest absolute Gasteiger partial charge is 0.466 e. The first-order valence-corrected chi connectivity index (χ1v) is 14.4. The van der Waals surface area contributed by atoms with E-state index in [2.05, 4.69) is 20.8 Å². The number of ketones is 1. The van der Waals surface area contributed by atoms with E-state index in [-0.39, 0.29) is 36.3 Å². The van der Waals surface area contributed by atoms with Gasteiger partial charge in [-0.15, -0.1) is 0 Å². The van der Waals surface area contributed by atoms with Crippen LogP contribution in [0.15, 0.2) is 0 Å². The molecule has 33 heavy (non-hydrogen) atoms. The van der Waals surface area contributed by atoms with Crippen LogP contribution in [0.1, 0.15) is 130 Å². The molecule has 0 radical (unpaired) electrons. The molecule has 1 saturated carbocycles. The third kappa shape index (κ3) is 9.00. The number of carbonyl (C=O) groups is 2. The summed E-state index contributed by atoms with van der Waals surface area (Å²) in [5, 5.41) is 0. The predicted octanol–water partition coefficient (Wildman–Crippen LogP) is 7.67. The molecular formula is C29H52O4.